The van der Waals surface area contributed by atoms with Gasteiger partial charge in [0.1, 0.15) is 11.6 Å². The molecule has 0 saturated carbocycles. The van der Waals surface area contributed by atoms with Crippen molar-refractivity contribution in [2.75, 3.05) is 12.4 Å². The predicted molar refractivity (Wildman–Crippen MR) is 111 cm³/mol. The molecular weight excluding hydrogens is 407 g/mol. The zero-order valence-corrected chi connectivity index (χ0v) is 17.1. The Morgan fingerprint density at radius 3 is 2.50 bits per heavy atom. The third-order valence-corrected chi connectivity index (χ3v) is 6.10. The third-order valence-electron chi connectivity index (χ3n) is 4.67. The minimum atomic E-state index is -3.48. The van der Waals surface area contributed by atoms with Crippen LogP contribution < -0.4 is 10.0 Å². The number of sulfonamides is 1. The molecule has 0 aliphatic heterocycles. The second-order valence-electron chi connectivity index (χ2n) is 6.67. The highest BCUT2D eigenvalue weighted by molar-refractivity contribution is 7.89. The maximum absolute atomic E-state index is 13.6. The van der Waals surface area contributed by atoms with Crippen LogP contribution in [0, 0.1) is 5.82 Å². The molecule has 0 radical (unpaired) electrons. The second kappa shape index (κ2) is 7.81. The van der Waals surface area contributed by atoms with Gasteiger partial charge in [-0.1, -0.05) is 24.3 Å². The van der Waals surface area contributed by atoms with Gasteiger partial charge in [0.15, 0.2) is 11.5 Å². The Morgan fingerprint density at radius 2 is 1.80 bits per heavy atom. The molecular formula is C20H19FN6O2S. The van der Waals surface area contributed by atoms with E-state index in [1.54, 1.807) is 53.0 Å². The number of nitrogens with one attached hydrogen (secondary N) is 2. The van der Waals surface area contributed by atoms with Gasteiger partial charge in [0.05, 0.1) is 4.90 Å². The molecule has 8 nitrogen and oxygen atoms in total. The van der Waals surface area contributed by atoms with Crippen LogP contribution in [0.5, 0.6) is 0 Å². The Balaban J connectivity index is 1.60. The maximum Gasteiger partial charge on any atom is 0.240 e. The van der Waals surface area contributed by atoms with Crippen molar-refractivity contribution in [1.29, 1.82) is 0 Å². The molecule has 154 valence electrons. The first kappa shape index (κ1) is 19.9. The Labute approximate surface area is 172 Å². The highest BCUT2D eigenvalue weighted by Gasteiger charge is 2.14. The minimum Gasteiger partial charge on any atom is -0.362 e. The van der Waals surface area contributed by atoms with Crippen LogP contribution in [-0.4, -0.2) is 35.3 Å². The molecule has 2 aromatic carbocycles. The second-order valence-corrected chi connectivity index (χ2v) is 8.55. The van der Waals surface area contributed by atoms with Crippen LogP contribution in [-0.2, 0) is 10.0 Å². The summed E-state index contributed by atoms with van der Waals surface area (Å²) in [4.78, 5) is 0.199. The molecule has 30 heavy (non-hydrogen) atoms. The van der Waals surface area contributed by atoms with Crippen LogP contribution in [0.15, 0.2) is 65.6 Å². The monoisotopic (exact) mass is 426 g/mol. The molecule has 0 aliphatic rings. The van der Waals surface area contributed by atoms with E-state index >= 15 is 0 Å². The van der Waals surface area contributed by atoms with Gasteiger partial charge in [-0.05, 0) is 55.9 Å². The highest BCUT2D eigenvalue weighted by atomic mass is 32.2. The van der Waals surface area contributed by atoms with Crippen molar-refractivity contribution in [3.05, 3.63) is 72.0 Å². The Hall–Kier alpha value is -3.37. The zero-order chi connectivity index (χ0) is 21.3. The van der Waals surface area contributed by atoms with Crippen molar-refractivity contribution >= 4 is 21.5 Å². The van der Waals surface area contributed by atoms with Gasteiger partial charge in [0.25, 0.3) is 0 Å². The summed E-state index contributed by atoms with van der Waals surface area (Å²) in [6, 6.07) is 16.1. The topological polar surface area (TPSA) is 101 Å². The first-order chi connectivity index (χ1) is 14.4. The molecule has 10 heteroatoms. The average molecular weight is 426 g/mol. The lowest BCUT2D eigenvalue weighted by Crippen LogP contribution is -2.18. The lowest BCUT2D eigenvalue weighted by Gasteiger charge is -2.15. The van der Waals surface area contributed by atoms with Crippen molar-refractivity contribution in [2.45, 2.75) is 17.9 Å². The molecule has 0 amide bonds. The van der Waals surface area contributed by atoms with Gasteiger partial charge >= 0.3 is 0 Å². The molecule has 0 aliphatic carbocycles. The SMILES string of the molecule is CNS(=O)(=O)c1ccc(C(C)Nc2ccc3nnc(-c4cccc(F)c4)n3n2)cc1. The van der Waals surface area contributed by atoms with E-state index in [2.05, 4.69) is 25.3 Å². The minimum absolute atomic E-state index is 0.143. The maximum atomic E-state index is 13.6. The van der Waals surface area contributed by atoms with Crippen molar-refractivity contribution in [2.24, 2.45) is 0 Å². The summed E-state index contributed by atoms with van der Waals surface area (Å²) in [6.45, 7) is 1.94. The average Bonchev–Trinajstić information content (AvgIpc) is 3.17. The molecule has 0 spiro atoms. The van der Waals surface area contributed by atoms with Crippen molar-refractivity contribution in [3.8, 4) is 11.4 Å². The van der Waals surface area contributed by atoms with E-state index in [-0.39, 0.29) is 16.8 Å². The quantitative estimate of drug-likeness (QED) is 0.492. The lowest BCUT2D eigenvalue weighted by molar-refractivity contribution is 0.588. The number of nitrogens with zero attached hydrogens (tertiary/aromatic N) is 4. The fourth-order valence-corrected chi connectivity index (χ4v) is 3.76. The van der Waals surface area contributed by atoms with E-state index in [9.17, 15) is 12.8 Å². The van der Waals surface area contributed by atoms with E-state index in [0.29, 0.717) is 22.9 Å². The predicted octanol–water partition coefficient (Wildman–Crippen LogP) is 3.01. The van der Waals surface area contributed by atoms with Gasteiger partial charge in [0, 0.05) is 11.6 Å². The van der Waals surface area contributed by atoms with Crippen LogP contribution in [0.4, 0.5) is 10.2 Å². The first-order valence-electron chi connectivity index (χ1n) is 9.16. The number of rotatable bonds is 6. The van der Waals surface area contributed by atoms with Gasteiger partial charge in [-0.3, -0.25) is 0 Å². The summed E-state index contributed by atoms with van der Waals surface area (Å²) < 4.78 is 41.2. The van der Waals surface area contributed by atoms with Gasteiger partial charge in [-0.25, -0.2) is 17.5 Å². The van der Waals surface area contributed by atoms with Crippen LogP contribution in [0.1, 0.15) is 18.5 Å². The molecule has 4 aromatic rings. The molecule has 1 unspecified atom stereocenters. The van der Waals surface area contributed by atoms with E-state index in [0.717, 1.165) is 5.56 Å². The number of hydrogen-bond donors (Lipinski definition) is 2. The van der Waals surface area contributed by atoms with Crippen LogP contribution in [0.2, 0.25) is 0 Å². The first-order valence-corrected chi connectivity index (χ1v) is 10.6. The summed E-state index contributed by atoms with van der Waals surface area (Å²) in [6.07, 6.45) is 0. The van der Waals surface area contributed by atoms with Gasteiger partial charge in [-0.2, -0.15) is 4.52 Å². The van der Waals surface area contributed by atoms with Gasteiger partial charge in [-0.15, -0.1) is 15.3 Å². The molecule has 0 fully saturated rings. The molecule has 2 heterocycles. The summed E-state index contributed by atoms with van der Waals surface area (Å²) in [7, 11) is -2.11. The van der Waals surface area contributed by atoms with Crippen molar-refractivity contribution in [3.63, 3.8) is 0 Å². The third kappa shape index (κ3) is 3.87. The van der Waals surface area contributed by atoms with E-state index < -0.39 is 10.0 Å². The summed E-state index contributed by atoms with van der Waals surface area (Å²) in [5.41, 5.74) is 2.00. The Morgan fingerprint density at radius 1 is 1.03 bits per heavy atom. The largest absolute Gasteiger partial charge is 0.362 e. The summed E-state index contributed by atoms with van der Waals surface area (Å²) in [5.74, 6) is 0.637. The van der Waals surface area contributed by atoms with Crippen molar-refractivity contribution in [1.82, 2.24) is 24.5 Å². The molecule has 0 bridgehead atoms. The van der Waals surface area contributed by atoms with Crippen LogP contribution in [0.25, 0.3) is 17.0 Å². The fourth-order valence-electron chi connectivity index (χ4n) is 3.03. The smallest absolute Gasteiger partial charge is 0.240 e. The lowest BCUT2D eigenvalue weighted by atomic mass is 10.1. The molecule has 2 N–H and O–H groups in total. The number of anilines is 1. The van der Waals surface area contributed by atoms with Gasteiger partial charge in [0.2, 0.25) is 10.0 Å². The molecule has 2 aromatic heterocycles. The standard InChI is InChI=1S/C20H19FN6O2S/c1-13(14-6-8-17(9-7-14)30(28,29)22-2)23-18-10-11-19-24-25-20(27(19)26-18)15-4-3-5-16(21)12-15/h3-13,22H,1-2H3,(H,23,26). The Kier molecular flexibility index (Phi) is 5.18. The normalized spacial score (nSPS) is 12.8. The van der Waals surface area contributed by atoms with E-state index in [1.165, 1.54) is 19.2 Å². The van der Waals surface area contributed by atoms with Crippen molar-refractivity contribution < 1.29 is 12.8 Å². The number of hydrogen-bond acceptors (Lipinski definition) is 6. The highest BCUT2D eigenvalue weighted by Crippen LogP contribution is 2.22. The fraction of sp³-hybridized carbons (Fsp3) is 0.150. The number of aromatic nitrogens is 4. The summed E-state index contributed by atoms with van der Waals surface area (Å²) in [5, 5.41) is 16.0. The van der Waals surface area contributed by atoms with E-state index in [4.69, 9.17) is 0 Å². The number of benzene rings is 2. The van der Waals surface area contributed by atoms with Crippen LogP contribution >= 0.6 is 0 Å². The molecule has 1 atom stereocenters. The number of halogens is 1. The van der Waals surface area contributed by atoms with E-state index in [1.807, 2.05) is 6.92 Å². The number of fused-ring (bicyclic) bond motifs is 1. The summed E-state index contributed by atoms with van der Waals surface area (Å²) >= 11 is 0. The zero-order valence-electron chi connectivity index (χ0n) is 16.2. The van der Waals surface area contributed by atoms with Gasteiger partial charge < -0.3 is 5.32 Å². The Bertz CT molecular complexity index is 1300. The molecule has 4 rings (SSSR count). The molecule has 0 saturated heterocycles. The van der Waals surface area contributed by atoms with Crippen LogP contribution in [0.3, 0.4) is 0 Å².